The van der Waals surface area contributed by atoms with Crippen molar-refractivity contribution < 1.29 is 19.1 Å². The van der Waals surface area contributed by atoms with Crippen molar-refractivity contribution in [2.75, 3.05) is 6.61 Å². The minimum atomic E-state index is -0.707. The quantitative estimate of drug-likeness (QED) is 0.788. The van der Waals surface area contributed by atoms with E-state index in [0.29, 0.717) is 12.8 Å². The van der Waals surface area contributed by atoms with Crippen molar-refractivity contribution in [1.29, 1.82) is 0 Å². The Balaban J connectivity index is 2.15. The molecule has 0 spiro atoms. The number of benzene rings is 1. The van der Waals surface area contributed by atoms with Gasteiger partial charge in [-0.25, -0.2) is 4.79 Å². The zero-order valence-electron chi connectivity index (χ0n) is 15.0. The second kappa shape index (κ2) is 8.18. The molecule has 0 aliphatic carbocycles. The summed E-state index contributed by atoms with van der Waals surface area (Å²) >= 11 is 0. The Morgan fingerprint density at radius 2 is 1.88 bits per heavy atom. The second-order valence-corrected chi connectivity index (χ2v) is 6.38. The van der Waals surface area contributed by atoms with Crippen LogP contribution in [-0.2, 0) is 20.7 Å². The van der Waals surface area contributed by atoms with Crippen molar-refractivity contribution in [3.05, 3.63) is 34.9 Å². The molecular weight excluding hydrogens is 306 g/mol. The van der Waals surface area contributed by atoms with Crippen LogP contribution in [0.25, 0.3) is 0 Å². The first kappa shape index (κ1) is 18.3. The summed E-state index contributed by atoms with van der Waals surface area (Å²) in [5.41, 5.74) is 3.27. The maximum atomic E-state index is 12.9. The van der Waals surface area contributed by atoms with Crippen molar-refractivity contribution >= 4 is 12.1 Å². The van der Waals surface area contributed by atoms with Crippen LogP contribution < -0.4 is 0 Å². The molecule has 0 saturated carbocycles. The lowest BCUT2D eigenvalue weighted by Gasteiger charge is -2.39. The summed E-state index contributed by atoms with van der Waals surface area (Å²) in [6, 6.07) is 6.08. The van der Waals surface area contributed by atoms with E-state index < -0.39 is 12.4 Å². The zero-order valence-corrected chi connectivity index (χ0v) is 15.0. The fourth-order valence-corrected chi connectivity index (χ4v) is 3.31. The van der Waals surface area contributed by atoms with Crippen molar-refractivity contribution in [2.45, 2.75) is 65.6 Å². The number of hydrogen-bond acceptors (Lipinski definition) is 4. The highest BCUT2D eigenvalue weighted by molar-refractivity contribution is 5.80. The van der Waals surface area contributed by atoms with Gasteiger partial charge in [0.15, 0.2) is 6.23 Å². The van der Waals surface area contributed by atoms with Crippen LogP contribution in [0.3, 0.4) is 0 Å². The first-order chi connectivity index (χ1) is 11.4. The smallest absolute Gasteiger partial charge is 0.435 e. The van der Waals surface area contributed by atoms with Gasteiger partial charge in [-0.05, 0) is 57.2 Å². The fourth-order valence-electron chi connectivity index (χ4n) is 3.31. The molecule has 2 unspecified atom stereocenters. The molecule has 1 aromatic rings. The molecule has 0 aromatic heterocycles. The van der Waals surface area contributed by atoms with Gasteiger partial charge < -0.3 is 14.4 Å². The third-order valence-corrected chi connectivity index (χ3v) is 4.61. The Bertz CT molecular complexity index is 579. The minimum absolute atomic E-state index is 0.00565. The van der Waals surface area contributed by atoms with E-state index in [4.69, 9.17) is 9.47 Å². The zero-order chi connectivity index (χ0) is 17.7. The fraction of sp³-hybridized carbons (Fsp3) is 0.579. The van der Waals surface area contributed by atoms with Gasteiger partial charge in [-0.15, -0.1) is 0 Å². The van der Waals surface area contributed by atoms with Crippen molar-refractivity contribution in [3.63, 3.8) is 0 Å². The van der Waals surface area contributed by atoms with Crippen LogP contribution in [-0.4, -0.2) is 35.8 Å². The molecule has 1 aliphatic rings. The standard InChI is InChI=1S/C19H27NO4/c1-5-23-19(22)24-18-11-7-10-15(4)20(18)17(21)12-16-13(2)8-6-9-14(16)3/h6,8-9,15,18H,5,7,10-12H2,1-4H3. The largest absolute Gasteiger partial charge is 0.510 e. The Labute approximate surface area is 143 Å². The number of carbonyl (C=O) groups excluding carboxylic acids is 2. The predicted molar refractivity (Wildman–Crippen MR) is 91.7 cm³/mol. The summed E-state index contributed by atoms with van der Waals surface area (Å²) in [6.45, 7) is 8.03. The van der Waals surface area contributed by atoms with E-state index in [1.165, 1.54) is 0 Å². The molecule has 24 heavy (non-hydrogen) atoms. The number of likely N-dealkylation sites (tertiary alicyclic amines) is 1. The molecule has 132 valence electrons. The lowest BCUT2D eigenvalue weighted by Crippen LogP contribution is -2.51. The summed E-state index contributed by atoms with van der Waals surface area (Å²) < 4.78 is 10.2. The molecule has 1 aromatic carbocycles. The topological polar surface area (TPSA) is 55.8 Å². The predicted octanol–water partition coefficient (Wildman–Crippen LogP) is 3.75. The highest BCUT2D eigenvalue weighted by Crippen LogP contribution is 2.26. The van der Waals surface area contributed by atoms with Gasteiger partial charge in [0.1, 0.15) is 0 Å². The maximum Gasteiger partial charge on any atom is 0.510 e. The van der Waals surface area contributed by atoms with Crippen LogP contribution in [0.15, 0.2) is 18.2 Å². The molecule has 1 fully saturated rings. The first-order valence-electron chi connectivity index (χ1n) is 8.63. The molecule has 2 rings (SSSR count). The highest BCUT2D eigenvalue weighted by Gasteiger charge is 2.34. The number of aryl methyl sites for hydroxylation is 2. The van der Waals surface area contributed by atoms with E-state index in [2.05, 4.69) is 0 Å². The van der Waals surface area contributed by atoms with E-state index in [9.17, 15) is 9.59 Å². The van der Waals surface area contributed by atoms with Gasteiger partial charge in [0, 0.05) is 12.5 Å². The monoisotopic (exact) mass is 333 g/mol. The second-order valence-electron chi connectivity index (χ2n) is 6.38. The lowest BCUT2D eigenvalue weighted by molar-refractivity contribution is -0.151. The SMILES string of the molecule is CCOC(=O)OC1CCCC(C)N1C(=O)Cc1c(C)cccc1C. The van der Waals surface area contributed by atoms with Crippen LogP contribution in [0, 0.1) is 13.8 Å². The molecule has 1 heterocycles. The summed E-state index contributed by atoms with van der Waals surface area (Å²) in [5, 5.41) is 0. The summed E-state index contributed by atoms with van der Waals surface area (Å²) in [6.07, 6.45) is 1.58. The Kier molecular flexibility index (Phi) is 6.23. The molecule has 0 N–H and O–H groups in total. The van der Waals surface area contributed by atoms with Crippen LogP contribution >= 0.6 is 0 Å². The summed E-state index contributed by atoms with van der Waals surface area (Å²) in [5.74, 6) is -0.00565. The molecule has 0 radical (unpaired) electrons. The van der Waals surface area contributed by atoms with Crippen molar-refractivity contribution in [1.82, 2.24) is 4.90 Å². The van der Waals surface area contributed by atoms with E-state index in [1.807, 2.05) is 39.0 Å². The number of hydrogen-bond donors (Lipinski definition) is 0. The number of rotatable bonds is 4. The molecule has 2 atom stereocenters. The number of nitrogens with zero attached hydrogens (tertiary/aromatic N) is 1. The summed E-state index contributed by atoms with van der Waals surface area (Å²) in [7, 11) is 0. The van der Waals surface area contributed by atoms with Gasteiger partial charge in [0.25, 0.3) is 0 Å². The van der Waals surface area contributed by atoms with Gasteiger partial charge in [-0.1, -0.05) is 18.2 Å². The molecule has 0 bridgehead atoms. The third kappa shape index (κ3) is 4.28. The van der Waals surface area contributed by atoms with Crippen LogP contribution in [0.1, 0.15) is 49.8 Å². The Hall–Kier alpha value is -2.04. The van der Waals surface area contributed by atoms with Crippen molar-refractivity contribution in [3.8, 4) is 0 Å². The number of piperidine rings is 1. The molecule has 1 saturated heterocycles. The third-order valence-electron chi connectivity index (χ3n) is 4.61. The maximum absolute atomic E-state index is 12.9. The number of amides is 1. The van der Waals surface area contributed by atoms with E-state index in [0.717, 1.165) is 29.5 Å². The van der Waals surface area contributed by atoms with E-state index >= 15 is 0 Å². The number of ether oxygens (including phenoxy) is 2. The summed E-state index contributed by atoms with van der Waals surface area (Å²) in [4.78, 5) is 26.3. The molecule has 1 aliphatic heterocycles. The molecule has 5 heteroatoms. The van der Waals surface area contributed by atoms with Gasteiger partial charge in [0.05, 0.1) is 13.0 Å². The van der Waals surface area contributed by atoms with Gasteiger partial charge in [0.2, 0.25) is 5.91 Å². The molecular formula is C19H27NO4. The first-order valence-corrected chi connectivity index (χ1v) is 8.63. The lowest BCUT2D eigenvalue weighted by atomic mass is 9.97. The Morgan fingerprint density at radius 1 is 1.21 bits per heavy atom. The number of carbonyl (C=O) groups is 2. The van der Waals surface area contributed by atoms with Gasteiger partial charge in [-0.2, -0.15) is 0 Å². The highest BCUT2D eigenvalue weighted by atomic mass is 16.7. The van der Waals surface area contributed by atoms with E-state index in [1.54, 1.807) is 11.8 Å². The molecule has 5 nitrogen and oxygen atoms in total. The molecule has 1 amide bonds. The van der Waals surface area contributed by atoms with Crippen molar-refractivity contribution in [2.24, 2.45) is 0 Å². The normalized spacial score (nSPS) is 20.6. The van der Waals surface area contributed by atoms with E-state index in [-0.39, 0.29) is 18.6 Å². The minimum Gasteiger partial charge on any atom is -0.435 e. The average molecular weight is 333 g/mol. The van der Waals surface area contributed by atoms with Crippen LogP contribution in [0.4, 0.5) is 4.79 Å². The Morgan fingerprint density at radius 3 is 2.50 bits per heavy atom. The average Bonchev–Trinajstić information content (AvgIpc) is 2.51. The van der Waals surface area contributed by atoms with Gasteiger partial charge in [-0.3, -0.25) is 4.79 Å². The van der Waals surface area contributed by atoms with Crippen LogP contribution in [0.5, 0.6) is 0 Å². The van der Waals surface area contributed by atoms with Crippen LogP contribution in [0.2, 0.25) is 0 Å². The van der Waals surface area contributed by atoms with Gasteiger partial charge >= 0.3 is 6.16 Å².